The summed E-state index contributed by atoms with van der Waals surface area (Å²) in [4.78, 5) is 0. The van der Waals surface area contributed by atoms with Crippen molar-refractivity contribution in [1.29, 1.82) is 0 Å². The minimum absolute atomic E-state index is 1.21. The van der Waals surface area contributed by atoms with E-state index < -0.39 is 0 Å². The highest BCUT2D eigenvalue weighted by Crippen LogP contribution is 2.00. The monoisotopic (exact) mass is 196 g/mol. The number of aromatic nitrogens is 1. The Balaban J connectivity index is 2.19. The van der Waals surface area contributed by atoms with Crippen molar-refractivity contribution in [3.05, 3.63) is 66.0 Å². The van der Waals surface area contributed by atoms with Crippen LogP contribution in [0.1, 0.15) is 11.1 Å². The molecule has 0 saturated carbocycles. The summed E-state index contributed by atoms with van der Waals surface area (Å²) >= 11 is 0. The maximum atomic E-state index is 2.10. The van der Waals surface area contributed by atoms with Crippen molar-refractivity contribution in [2.45, 2.75) is 6.92 Å². The SMILES string of the molecule is Cc1ccc[n+](C=Cc2ccccc2)c1. The molecule has 2 aromatic rings. The third-order valence-electron chi connectivity index (χ3n) is 2.21. The van der Waals surface area contributed by atoms with E-state index in [1.807, 2.05) is 30.5 Å². The van der Waals surface area contributed by atoms with E-state index >= 15 is 0 Å². The minimum atomic E-state index is 1.21. The summed E-state index contributed by atoms with van der Waals surface area (Å²) in [5.74, 6) is 0. The highest BCUT2D eigenvalue weighted by atomic mass is 14.9. The van der Waals surface area contributed by atoms with Gasteiger partial charge in [0.2, 0.25) is 0 Å². The van der Waals surface area contributed by atoms with Crippen LogP contribution in [0, 0.1) is 6.92 Å². The Morgan fingerprint density at radius 1 is 1.00 bits per heavy atom. The Labute approximate surface area is 90.3 Å². The molecule has 0 radical (unpaired) electrons. The van der Waals surface area contributed by atoms with Crippen molar-refractivity contribution in [1.82, 2.24) is 0 Å². The summed E-state index contributed by atoms with van der Waals surface area (Å²) in [5, 5.41) is 0. The molecule has 0 atom stereocenters. The van der Waals surface area contributed by atoms with Crippen molar-refractivity contribution >= 4 is 12.3 Å². The van der Waals surface area contributed by atoms with Gasteiger partial charge < -0.3 is 0 Å². The zero-order valence-electron chi connectivity index (χ0n) is 8.80. The van der Waals surface area contributed by atoms with Crippen LogP contribution in [0.3, 0.4) is 0 Å². The Morgan fingerprint density at radius 2 is 1.80 bits per heavy atom. The molecule has 0 aliphatic heterocycles. The van der Waals surface area contributed by atoms with E-state index in [0.717, 1.165) is 0 Å². The van der Waals surface area contributed by atoms with Gasteiger partial charge in [-0.2, -0.15) is 4.57 Å². The summed E-state index contributed by atoms with van der Waals surface area (Å²) in [6.45, 7) is 2.09. The predicted octanol–water partition coefficient (Wildman–Crippen LogP) is 2.91. The van der Waals surface area contributed by atoms with Gasteiger partial charge in [-0.05, 0) is 18.6 Å². The fourth-order valence-corrected chi connectivity index (χ4v) is 1.44. The summed E-state index contributed by atoms with van der Waals surface area (Å²) in [5.41, 5.74) is 2.47. The van der Waals surface area contributed by atoms with Crippen LogP contribution in [0.15, 0.2) is 54.9 Å². The largest absolute Gasteiger partial charge is 0.177 e. The van der Waals surface area contributed by atoms with Gasteiger partial charge in [0, 0.05) is 17.7 Å². The van der Waals surface area contributed by atoms with Crippen molar-refractivity contribution in [3.63, 3.8) is 0 Å². The lowest BCUT2D eigenvalue weighted by molar-refractivity contribution is -0.567. The average Bonchev–Trinajstić information content (AvgIpc) is 2.28. The van der Waals surface area contributed by atoms with Gasteiger partial charge in [0.25, 0.3) is 0 Å². The molecule has 1 heteroatoms. The van der Waals surface area contributed by atoms with E-state index in [4.69, 9.17) is 0 Å². The molecular formula is C14H14N+. The normalized spacial score (nSPS) is 10.7. The molecule has 0 fully saturated rings. The molecule has 0 bridgehead atoms. The van der Waals surface area contributed by atoms with Crippen LogP contribution in [0.2, 0.25) is 0 Å². The van der Waals surface area contributed by atoms with Crippen LogP contribution < -0.4 is 4.57 Å². The fraction of sp³-hybridized carbons (Fsp3) is 0.0714. The third kappa shape index (κ3) is 2.78. The maximum Gasteiger partial charge on any atom is 0.177 e. The fourth-order valence-electron chi connectivity index (χ4n) is 1.44. The maximum absolute atomic E-state index is 2.10. The van der Waals surface area contributed by atoms with Crippen molar-refractivity contribution in [3.8, 4) is 0 Å². The van der Waals surface area contributed by atoms with Gasteiger partial charge in [0.1, 0.15) is 0 Å². The minimum Gasteiger partial charge on any atom is -0.173 e. The molecule has 0 N–H and O–H groups in total. The molecule has 0 aliphatic rings. The Kier molecular flexibility index (Phi) is 2.93. The van der Waals surface area contributed by atoms with Gasteiger partial charge in [-0.25, -0.2) is 0 Å². The van der Waals surface area contributed by atoms with Crippen molar-refractivity contribution in [2.75, 3.05) is 0 Å². The molecule has 74 valence electrons. The zero-order chi connectivity index (χ0) is 10.5. The van der Waals surface area contributed by atoms with Crippen LogP contribution in [0.5, 0.6) is 0 Å². The summed E-state index contributed by atoms with van der Waals surface area (Å²) in [6, 6.07) is 14.4. The molecule has 1 aromatic carbocycles. The first kappa shape index (κ1) is 9.66. The highest BCUT2D eigenvalue weighted by Gasteiger charge is 1.94. The summed E-state index contributed by atoms with van der Waals surface area (Å²) < 4.78 is 2.06. The summed E-state index contributed by atoms with van der Waals surface area (Å²) in [6.07, 6.45) is 8.29. The quantitative estimate of drug-likeness (QED) is 0.650. The Hall–Kier alpha value is -1.89. The number of benzene rings is 1. The first-order valence-corrected chi connectivity index (χ1v) is 5.05. The first-order chi connectivity index (χ1) is 7.34. The topological polar surface area (TPSA) is 3.88 Å². The van der Waals surface area contributed by atoms with Gasteiger partial charge in [-0.1, -0.05) is 30.3 Å². The second-order valence-electron chi connectivity index (χ2n) is 3.55. The van der Waals surface area contributed by atoms with Gasteiger partial charge in [0.05, 0.1) is 0 Å². The average molecular weight is 196 g/mol. The number of hydrogen-bond acceptors (Lipinski definition) is 0. The van der Waals surface area contributed by atoms with Gasteiger partial charge in [-0.3, -0.25) is 0 Å². The number of aryl methyl sites for hydroxylation is 1. The number of pyridine rings is 1. The molecule has 0 unspecified atom stereocenters. The van der Waals surface area contributed by atoms with Crippen LogP contribution >= 0.6 is 0 Å². The molecule has 0 spiro atoms. The van der Waals surface area contributed by atoms with E-state index in [1.54, 1.807) is 0 Å². The van der Waals surface area contributed by atoms with Crippen molar-refractivity contribution < 1.29 is 4.57 Å². The molecule has 0 amide bonds. The lowest BCUT2D eigenvalue weighted by Crippen LogP contribution is -2.24. The number of rotatable bonds is 2. The molecule has 0 saturated heterocycles. The van der Waals surface area contributed by atoms with Crippen LogP contribution in [-0.4, -0.2) is 0 Å². The summed E-state index contributed by atoms with van der Waals surface area (Å²) in [7, 11) is 0. The van der Waals surface area contributed by atoms with Crippen molar-refractivity contribution in [2.24, 2.45) is 0 Å². The van der Waals surface area contributed by atoms with E-state index in [1.165, 1.54) is 11.1 Å². The molecule has 1 nitrogen and oxygen atoms in total. The molecule has 1 aromatic heterocycles. The Bertz CT molecular complexity index is 458. The van der Waals surface area contributed by atoms with Gasteiger partial charge in [0.15, 0.2) is 18.6 Å². The van der Waals surface area contributed by atoms with Crippen LogP contribution in [0.4, 0.5) is 0 Å². The number of hydrogen-bond donors (Lipinski definition) is 0. The predicted molar refractivity (Wildman–Crippen MR) is 63.0 cm³/mol. The third-order valence-corrected chi connectivity index (χ3v) is 2.21. The molecule has 15 heavy (non-hydrogen) atoms. The van der Waals surface area contributed by atoms with E-state index in [0.29, 0.717) is 0 Å². The zero-order valence-corrected chi connectivity index (χ0v) is 8.80. The van der Waals surface area contributed by atoms with E-state index in [9.17, 15) is 0 Å². The van der Waals surface area contributed by atoms with Gasteiger partial charge in [-0.15, -0.1) is 0 Å². The van der Waals surface area contributed by atoms with E-state index in [-0.39, 0.29) is 0 Å². The lowest BCUT2D eigenvalue weighted by Gasteiger charge is -1.91. The van der Waals surface area contributed by atoms with E-state index in [2.05, 4.69) is 48.2 Å². The molecule has 0 aliphatic carbocycles. The molecular weight excluding hydrogens is 182 g/mol. The lowest BCUT2D eigenvalue weighted by atomic mass is 10.2. The second kappa shape index (κ2) is 4.56. The molecule has 2 rings (SSSR count). The highest BCUT2D eigenvalue weighted by molar-refractivity contribution is 5.56. The van der Waals surface area contributed by atoms with Gasteiger partial charge >= 0.3 is 0 Å². The number of nitrogens with zero attached hydrogens (tertiary/aromatic N) is 1. The van der Waals surface area contributed by atoms with Crippen LogP contribution in [-0.2, 0) is 0 Å². The van der Waals surface area contributed by atoms with Crippen LogP contribution in [0.25, 0.3) is 12.3 Å². The smallest absolute Gasteiger partial charge is 0.173 e. The standard InChI is InChI=1S/C14H14N/c1-13-6-5-10-15(12-13)11-9-14-7-3-2-4-8-14/h2-12H,1H3/q+1. The Morgan fingerprint density at radius 3 is 2.53 bits per heavy atom. The second-order valence-corrected chi connectivity index (χ2v) is 3.55. The molecule has 1 heterocycles. The first-order valence-electron chi connectivity index (χ1n) is 5.05.